The van der Waals surface area contributed by atoms with Gasteiger partial charge in [-0.2, -0.15) is 0 Å². The molecule has 31 heavy (non-hydrogen) atoms. The standard InChI is InChI=1S/C29H48O2/c1-19(10-8-14-28(4,5)6)25-12-13-26-22(11-9-15-29(25,26)7)16-20(2)24-17-23(30)18-27(31)21(24)3/h16,19,23,25-27,30-31H,3,8-15,17-18H2,1-2,4-7H3/b22-16+,24-20-/t19-,23-,25?,26?,27+,29-/m1/s1. The fourth-order valence-electron chi connectivity index (χ4n) is 7.17. The van der Waals surface area contributed by atoms with Gasteiger partial charge in [-0.15, -0.1) is 0 Å². The summed E-state index contributed by atoms with van der Waals surface area (Å²) < 4.78 is 0. The average molecular weight is 429 g/mol. The molecule has 0 spiro atoms. The second-order valence-corrected chi connectivity index (χ2v) is 12.5. The maximum Gasteiger partial charge on any atom is 0.0811 e. The van der Waals surface area contributed by atoms with Crippen molar-refractivity contribution in [2.75, 3.05) is 0 Å². The molecule has 6 atom stereocenters. The molecule has 2 unspecified atom stereocenters. The molecule has 0 amide bonds. The third-order valence-electron chi connectivity index (χ3n) is 8.91. The van der Waals surface area contributed by atoms with Crippen molar-refractivity contribution < 1.29 is 10.2 Å². The van der Waals surface area contributed by atoms with Crippen molar-refractivity contribution in [1.29, 1.82) is 0 Å². The van der Waals surface area contributed by atoms with E-state index in [9.17, 15) is 10.2 Å². The van der Waals surface area contributed by atoms with Crippen LogP contribution < -0.4 is 0 Å². The van der Waals surface area contributed by atoms with Gasteiger partial charge >= 0.3 is 0 Å². The summed E-state index contributed by atoms with van der Waals surface area (Å²) in [6, 6.07) is 0. The normalized spacial score (nSPS) is 38.3. The van der Waals surface area contributed by atoms with Crippen LogP contribution >= 0.6 is 0 Å². The third-order valence-corrected chi connectivity index (χ3v) is 8.91. The fraction of sp³-hybridized carbons (Fsp3) is 0.793. The smallest absolute Gasteiger partial charge is 0.0811 e. The summed E-state index contributed by atoms with van der Waals surface area (Å²) >= 11 is 0. The minimum absolute atomic E-state index is 0.418. The molecule has 3 rings (SSSR count). The first-order valence-corrected chi connectivity index (χ1v) is 12.9. The van der Waals surface area contributed by atoms with E-state index in [4.69, 9.17) is 0 Å². The van der Waals surface area contributed by atoms with Crippen LogP contribution in [0.1, 0.15) is 106 Å². The van der Waals surface area contributed by atoms with E-state index < -0.39 is 12.2 Å². The molecule has 0 radical (unpaired) electrons. The van der Waals surface area contributed by atoms with Gasteiger partial charge in [-0.3, -0.25) is 0 Å². The van der Waals surface area contributed by atoms with E-state index in [2.05, 4.69) is 54.2 Å². The molecule has 2 heteroatoms. The number of fused-ring (bicyclic) bond motifs is 1. The van der Waals surface area contributed by atoms with Crippen LogP contribution in [-0.2, 0) is 0 Å². The topological polar surface area (TPSA) is 40.5 Å². The number of hydrogen-bond donors (Lipinski definition) is 2. The van der Waals surface area contributed by atoms with Crippen molar-refractivity contribution in [1.82, 2.24) is 0 Å². The van der Waals surface area contributed by atoms with E-state index in [1.807, 2.05) is 0 Å². The van der Waals surface area contributed by atoms with Crippen molar-refractivity contribution in [2.24, 2.45) is 28.6 Å². The van der Waals surface area contributed by atoms with Crippen molar-refractivity contribution in [2.45, 2.75) is 118 Å². The van der Waals surface area contributed by atoms with Crippen LogP contribution in [0, 0.1) is 28.6 Å². The summed E-state index contributed by atoms with van der Waals surface area (Å²) in [5, 5.41) is 20.4. The van der Waals surface area contributed by atoms with Crippen LogP contribution in [0.5, 0.6) is 0 Å². The highest BCUT2D eigenvalue weighted by molar-refractivity contribution is 5.43. The molecule has 0 aliphatic heterocycles. The fourth-order valence-corrected chi connectivity index (χ4v) is 7.17. The van der Waals surface area contributed by atoms with Crippen LogP contribution in [0.3, 0.4) is 0 Å². The SMILES string of the molecule is C=C1/C(=C(C)\C=C2/CCC[C@@]3(C)C2CCC3[C@H](C)CCCC(C)(C)C)C[C@@H](O)C[C@@H]1O. The molecule has 3 aliphatic rings. The van der Waals surface area contributed by atoms with E-state index in [0.29, 0.717) is 29.6 Å². The summed E-state index contributed by atoms with van der Waals surface area (Å²) in [6.45, 7) is 18.5. The second kappa shape index (κ2) is 9.56. The van der Waals surface area contributed by atoms with Crippen molar-refractivity contribution in [3.63, 3.8) is 0 Å². The molecule has 3 aliphatic carbocycles. The largest absolute Gasteiger partial charge is 0.393 e. The highest BCUT2D eigenvalue weighted by Crippen LogP contribution is 2.60. The molecule has 0 saturated heterocycles. The number of allylic oxidation sites excluding steroid dienone is 3. The Morgan fingerprint density at radius 2 is 1.97 bits per heavy atom. The third kappa shape index (κ3) is 5.56. The Morgan fingerprint density at radius 1 is 1.26 bits per heavy atom. The summed E-state index contributed by atoms with van der Waals surface area (Å²) in [7, 11) is 0. The molecule has 0 aromatic rings. The molecule has 3 saturated carbocycles. The van der Waals surface area contributed by atoms with Gasteiger partial charge in [0.15, 0.2) is 0 Å². The quantitative estimate of drug-likeness (QED) is 0.480. The Labute approximate surface area is 191 Å². The van der Waals surface area contributed by atoms with E-state index in [0.717, 1.165) is 23.0 Å². The van der Waals surface area contributed by atoms with Gasteiger partial charge in [0, 0.05) is 6.42 Å². The monoisotopic (exact) mass is 428 g/mol. The van der Waals surface area contributed by atoms with Crippen LogP contribution in [0.2, 0.25) is 0 Å². The summed E-state index contributed by atoms with van der Waals surface area (Å²) in [5.74, 6) is 2.33. The molecule has 0 bridgehead atoms. The maximum absolute atomic E-state index is 10.3. The van der Waals surface area contributed by atoms with E-state index in [1.54, 1.807) is 5.57 Å². The predicted octanol–water partition coefficient (Wildman–Crippen LogP) is 7.37. The molecule has 2 nitrogen and oxygen atoms in total. The van der Waals surface area contributed by atoms with Crippen LogP contribution in [0.25, 0.3) is 0 Å². The Kier molecular flexibility index (Phi) is 7.64. The van der Waals surface area contributed by atoms with Crippen LogP contribution in [0.15, 0.2) is 34.9 Å². The zero-order valence-electron chi connectivity index (χ0n) is 21.1. The van der Waals surface area contributed by atoms with Gasteiger partial charge in [-0.25, -0.2) is 0 Å². The first-order chi connectivity index (χ1) is 14.4. The van der Waals surface area contributed by atoms with Gasteiger partial charge in [0.25, 0.3) is 0 Å². The Bertz CT molecular complexity index is 722. The molecule has 2 N–H and O–H groups in total. The molecule has 0 aromatic heterocycles. The molecule has 0 heterocycles. The highest BCUT2D eigenvalue weighted by Gasteiger charge is 2.50. The Balaban J connectivity index is 1.76. The van der Waals surface area contributed by atoms with Gasteiger partial charge in [-0.1, -0.05) is 65.7 Å². The van der Waals surface area contributed by atoms with Gasteiger partial charge in [0.1, 0.15) is 0 Å². The van der Waals surface area contributed by atoms with Crippen LogP contribution in [-0.4, -0.2) is 22.4 Å². The maximum atomic E-state index is 10.3. The number of aliphatic hydroxyl groups is 2. The van der Waals surface area contributed by atoms with E-state index >= 15 is 0 Å². The molecular formula is C29H48O2. The molecule has 0 aromatic carbocycles. The zero-order valence-corrected chi connectivity index (χ0v) is 21.1. The zero-order chi connectivity index (χ0) is 23.0. The first-order valence-electron chi connectivity index (χ1n) is 12.9. The number of rotatable bonds is 5. The summed E-state index contributed by atoms with van der Waals surface area (Å²) in [6.07, 6.45) is 13.0. The Hall–Kier alpha value is -0.860. The first kappa shape index (κ1) is 24.8. The lowest BCUT2D eigenvalue weighted by atomic mass is 9.60. The predicted molar refractivity (Wildman–Crippen MR) is 132 cm³/mol. The number of aliphatic hydroxyl groups excluding tert-OH is 2. The summed E-state index contributed by atoms with van der Waals surface area (Å²) in [5.41, 5.74) is 5.59. The van der Waals surface area contributed by atoms with E-state index in [-0.39, 0.29) is 0 Å². The second-order valence-electron chi connectivity index (χ2n) is 12.5. The van der Waals surface area contributed by atoms with Gasteiger partial charge in [0.05, 0.1) is 12.2 Å². The van der Waals surface area contributed by atoms with E-state index in [1.165, 1.54) is 56.9 Å². The minimum Gasteiger partial charge on any atom is -0.393 e. The van der Waals surface area contributed by atoms with Gasteiger partial charge in [0.2, 0.25) is 0 Å². The highest BCUT2D eigenvalue weighted by atomic mass is 16.3. The van der Waals surface area contributed by atoms with Gasteiger partial charge in [-0.05, 0) is 97.2 Å². The molecule has 3 fully saturated rings. The lowest BCUT2D eigenvalue weighted by Gasteiger charge is -2.44. The van der Waals surface area contributed by atoms with Crippen molar-refractivity contribution in [3.8, 4) is 0 Å². The molecule has 176 valence electrons. The lowest BCUT2D eigenvalue weighted by Crippen LogP contribution is -2.36. The Morgan fingerprint density at radius 3 is 2.65 bits per heavy atom. The minimum atomic E-state index is -0.603. The van der Waals surface area contributed by atoms with Gasteiger partial charge < -0.3 is 10.2 Å². The summed E-state index contributed by atoms with van der Waals surface area (Å²) in [4.78, 5) is 0. The number of hydrogen-bond acceptors (Lipinski definition) is 2. The van der Waals surface area contributed by atoms with Crippen LogP contribution in [0.4, 0.5) is 0 Å². The molecular weight excluding hydrogens is 380 g/mol. The lowest BCUT2D eigenvalue weighted by molar-refractivity contribution is 0.0857. The van der Waals surface area contributed by atoms with Crippen molar-refractivity contribution >= 4 is 0 Å². The van der Waals surface area contributed by atoms with Crippen molar-refractivity contribution in [3.05, 3.63) is 34.9 Å². The average Bonchev–Trinajstić information content (AvgIpc) is 3.01.